The van der Waals surface area contributed by atoms with Gasteiger partial charge in [0.25, 0.3) is 0 Å². The Morgan fingerprint density at radius 1 is 0.839 bits per heavy atom. The first kappa shape index (κ1) is 51.3. The van der Waals surface area contributed by atoms with Crippen molar-refractivity contribution >= 4 is 65.2 Å². The summed E-state index contributed by atoms with van der Waals surface area (Å²) in [6, 6.07) is -10.2. The molecule has 8 atom stereocenters. The molecule has 0 aromatic carbocycles. The summed E-state index contributed by atoms with van der Waals surface area (Å²) in [6.45, 7) is 3.40. The molecule has 2 heterocycles. The molecule has 0 saturated carbocycles. The molecule has 344 valence electrons. The third-order valence-electron chi connectivity index (χ3n) is 9.87. The number of carboxylic acid groups (broad SMARTS) is 2. The highest BCUT2D eigenvalue weighted by Gasteiger charge is 2.41. The molecule has 26 nitrogen and oxygen atoms in total. The van der Waals surface area contributed by atoms with Crippen molar-refractivity contribution in [3.8, 4) is 0 Å². The summed E-state index contributed by atoms with van der Waals surface area (Å²) in [6.07, 6.45) is 0.943. The van der Waals surface area contributed by atoms with Crippen LogP contribution >= 0.6 is 0 Å². The van der Waals surface area contributed by atoms with E-state index in [1.54, 1.807) is 13.8 Å². The molecule has 1 fully saturated rings. The number of imidazole rings is 1. The highest BCUT2D eigenvalue weighted by Crippen LogP contribution is 2.20. The van der Waals surface area contributed by atoms with E-state index in [-0.39, 0.29) is 57.6 Å². The van der Waals surface area contributed by atoms with Gasteiger partial charge in [0.15, 0.2) is 5.96 Å². The quantitative estimate of drug-likeness (QED) is 0.0223. The number of hydrogen-bond donors (Lipinski definition) is 13. The number of H-pyrrole nitrogens is 1. The van der Waals surface area contributed by atoms with Crippen LogP contribution in [0.15, 0.2) is 17.5 Å². The first-order valence-electron chi connectivity index (χ1n) is 19.8. The Bertz CT molecular complexity index is 1810. The van der Waals surface area contributed by atoms with E-state index in [4.69, 9.17) is 33.8 Å². The largest absolute Gasteiger partial charge is 0.481 e. The number of nitrogens with two attached hydrogens (primary N) is 5. The third-order valence-corrected chi connectivity index (χ3v) is 9.87. The van der Waals surface area contributed by atoms with Gasteiger partial charge in [-0.3, -0.25) is 48.1 Å². The van der Waals surface area contributed by atoms with Crippen LogP contribution in [0.4, 0.5) is 0 Å². The fourth-order valence-corrected chi connectivity index (χ4v) is 6.36. The first-order valence-corrected chi connectivity index (χ1v) is 19.8. The van der Waals surface area contributed by atoms with Gasteiger partial charge in [-0.25, -0.2) is 9.78 Å². The summed E-state index contributed by atoms with van der Waals surface area (Å²) in [4.78, 5) is 140. The number of carbonyl (C=O) groups is 10. The fourth-order valence-electron chi connectivity index (χ4n) is 6.36. The van der Waals surface area contributed by atoms with E-state index < -0.39 is 127 Å². The minimum absolute atomic E-state index is 0.0501. The monoisotopic (exact) mass is 878 g/mol. The number of nitrogens with one attached hydrogen (secondary N) is 6. The van der Waals surface area contributed by atoms with Gasteiger partial charge < -0.3 is 75.3 Å². The van der Waals surface area contributed by atoms with E-state index in [0.29, 0.717) is 12.1 Å². The lowest BCUT2D eigenvalue weighted by atomic mass is 9.96. The van der Waals surface area contributed by atoms with Crippen molar-refractivity contribution < 1.29 is 58.2 Å². The number of aliphatic carboxylic acids is 2. The minimum Gasteiger partial charge on any atom is -0.481 e. The second-order valence-electron chi connectivity index (χ2n) is 14.8. The average Bonchev–Trinajstić information content (AvgIpc) is 3.90. The second-order valence-corrected chi connectivity index (χ2v) is 14.8. The molecular formula is C36H58N14O12. The highest BCUT2D eigenvalue weighted by molar-refractivity contribution is 5.99. The Hall–Kier alpha value is -6.86. The summed E-state index contributed by atoms with van der Waals surface area (Å²) < 4.78 is 0. The van der Waals surface area contributed by atoms with E-state index in [0.717, 1.165) is 4.90 Å². The molecule has 1 saturated heterocycles. The fraction of sp³-hybridized carbons (Fsp3) is 0.611. The number of guanidine groups is 1. The van der Waals surface area contributed by atoms with Crippen LogP contribution in [0.2, 0.25) is 0 Å². The highest BCUT2D eigenvalue weighted by atomic mass is 16.4. The van der Waals surface area contributed by atoms with Crippen molar-refractivity contribution in [2.24, 2.45) is 39.6 Å². The third kappa shape index (κ3) is 17.0. The standard InChI is InChI=1S/C36H58N14O12/c1-3-17(2)28(33(59)46-21(35(61)62)6-4-10-43-36(40)41)49-30(56)20(8-9-25(38)51)45-32(58)24-7-5-11-50(24)34(60)23(14-26(39)52)48-31(57)22(12-18-15-42-16-44-18)47-29(55)19(37)13-27(53)54/h15-17,19-24,28H,3-14,37H2,1-2H3,(H2,38,51)(H2,39,52)(H,42,44)(H,45,58)(H,46,59)(H,47,55)(H,48,57)(H,49,56)(H,53,54)(H,61,62)(H4,40,41,43)/t17-,19-,20-,21-,22-,23-,24-,28-/m0/s1. The van der Waals surface area contributed by atoms with Crippen LogP contribution in [0, 0.1) is 5.92 Å². The summed E-state index contributed by atoms with van der Waals surface area (Å²) in [7, 11) is 0. The van der Waals surface area contributed by atoms with Gasteiger partial charge in [0.05, 0.1) is 25.2 Å². The van der Waals surface area contributed by atoms with Crippen molar-refractivity contribution in [3.63, 3.8) is 0 Å². The number of nitrogens with zero attached hydrogens (tertiary/aromatic N) is 3. The zero-order valence-corrected chi connectivity index (χ0v) is 34.5. The van der Waals surface area contributed by atoms with Crippen LogP contribution in [-0.2, 0) is 54.4 Å². The van der Waals surface area contributed by atoms with E-state index in [2.05, 4.69) is 41.5 Å². The Kier molecular flexibility index (Phi) is 20.7. The zero-order valence-electron chi connectivity index (χ0n) is 34.5. The molecule has 0 unspecified atom stereocenters. The predicted octanol–water partition coefficient (Wildman–Crippen LogP) is -5.51. The van der Waals surface area contributed by atoms with E-state index in [9.17, 15) is 53.1 Å². The van der Waals surface area contributed by atoms with Gasteiger partial charge in [0, 0.05) is 37.8 Å². The Labute approximate surface area is 355 Å². The summed E-state index contributed by atoms with van der Waals surface area (Å²) in [5, 5.41) is 31.0. The van der Waals surface area contributed by atoms with Gasteiger partial charge >= 0.3 is 11.9 Å². The molecule has 2 rings (SSSR count). The maximum atomic E-state index is 14.0. The van der Waals surface area contributed by atoms with Crippen molar-refractivity contribution in [2.45, 2.75) is 120 Å². The Balaban J connectivity index is 2.32. The first-order chi connectivity index (χ1) is 29.1. The number of carbonyl (C=O) groups excluding carboxylic acids is 8. The lowest BCUT2D eigenvalue weighted by Gasteiger charge is -2.31. The number of carboxylic acids is 2. The number of primary amides is 2. The molecule has 18 N–H and O–H groups in total. The van der Waals surface area contributed by atoms with Gasteiger partial charge in [-0.2, -0.15) is 0 Å². The molecule has 62 heavy (non-hydrogen) atoms. The van der Waals surface area contributed by atoms with E-state index in [1.807, 2.05) is 0 Å². The van der Waals surface area contributed by atoms with E-state index >= 15 is 0 Å². The van der Waals surface area contributed by atoms with Crippen molar-refractivity contribution in [1.29, 1.82) is 0 Å². The molecule has 1 aromatic heterocycles. The van der Waals surface area contributed by atoms with Crippen LogP contribution in [0.25, 0.3) is 0 Å². The molecule has 8 amide bonds. The normalized spacial score (nSPS) is 16.8. The Morgan fingerprint density at radius 3 is 2.05 bits per heavy atom. The van der Waals surface area contributed by atoms with Gasteiger partial charge in [-0.05, 0) is 38.0 Å². The average molecular weight is 879 g/mol. The van der Waals surface area contributed by atoms with Crippen molar-refractivity contribution in [1.82, 2.24) is 41.5 Å². The second kappa shape index (κ2) is 25.0. The number of aliphatic imine (C=N–C) groups is 1. The smallest absolute Gasteiger partial charge is 0.326 e. The molecular weight excluding hydrogens is 820 g/mol. The van der Waals surface area contributed by atoms with Crippen LogP contribution in [-0.4, -0.2) is 146 Å². The van der Waals surface area contributed by atoms with E-state index in [1.165, 1.54) is 12.5 Å². The van der Waals surface area contributed by atoms with Gasteiger partial charge in [-0.1, -0.05) is 20.3 Å². The molecule has 1 aliphatic rings. The number of aromatic amines is 1. The molecule has 0 radical (unpaired) electrons. The number of amides is 8. The van der Waals surface area contributed by atoms with Gasteiger partial charge in [-0.15, -0.1) is 0 Å². The minimum atomic E-state index is -1.67. The summed E-state index contributed by atoms with van der Waals surface area (Å²) in [5.41, 5.74) is 27.4. The van der Waals surface area contributed by atoms with Crippen LogP contribution in [0.3, 0.4) is 0 Å². The number of likely N-dealkylation sites (tertiary alicyclic amines) is 1. The van der Waals surface area contributed by atoms with Crippen LogP contribution in [0.5, 0.6) is 0 Å². The lowest BCUT2D eigenvalue weighted by Crippen LogP contribution is -2.60. The zero-order chi connectivity index (χ0) is 46.7. The van der Waals surface area contributed by atoms with Crippen LogP contribution < -0.4 is 55.3 Å². The number of hydrogen-bond acceptors (Lipinski definition) is 13. The van der Waals surface area contributed by atoms with Crippen LogP contribution in [0.1, 0.15) is 77.3 Å². The predicted molar refractivity (Wildman–Crippen MR) is 216 cm³/mol. The molecule has 26 heteroatoms. The lowest BCUT2D eigenvalue weighted by molar-refractivity contribution is -0.144. The summed E-state index contributed by atoms with van der Waals surface area (Å²) >= 11 is 0. The summed E-state index contributed by atoms with van der Waals surface area (Å²) in [5.74, 6) is -10.9. The number of aromatic nitrogens is 2. The van der Waals surface area contributed by atoms with Crippen molar-refractivity contribution in [3.05, 3.63) is 18.2 Å². The maximum Gasteiger partial charge on any atom is 0.326 e. The topological polar surface area (TPSA) is 446 Å². The van der Waals surface area contributed by atoms with Gasteiger partial charge in [0.2, 0.25) is 47.3 Å². The molecule has 0 spiro atoms. The molecule has 0 aliphatic carbocycles. The molecule has 0 bridgehead atoms. The van der Waals surface area contributed by atoms with Crippen molar-refractivity contribution in [2.75, 3.05) is 13.1 Å². The maximum absolute atomic E-state index is 14.0. The number of rotatable bonds is 27. The Morgan fingerprint density at radius 2 is 1.48 bits per heavy atom. The molecule has 1 aromatic rings. The SMILES string of the molecule is CC[C@H](C)[C@H](NC(=O)[C@H](CCC(N)=O)NC(=O)[C@@H]1CCCN1C(=O)[C@H](CC(N)=O)NC(=O)[C@H](Cc1cnc[nH]1)NC(=O)[C@@H](N)CC(=O)O)C(=O)N[C@@H](CCCN=C(N)N)C(=O)O. The molecule has 1 aliphatic heterocycles. The van der Waals surface area contributed by atoms with Gasteiger partial charge in [0.1, 0.15) is 36.3 Å².